The van der Waals surface area contributed by atoms with Gasteiger partial charge in [-0.1, -0.05) is 41.9 Å². The number of fused-ring (bicyclic) bond motifs is 1. The number of H-pyrrole nitrogens is 1. The summed E-state index contributed by atoms with van der Waals surface area (Å²) in [7, 11) is 0. The number of carbonyl (C=O) groups excluding carboxylic acids is 10. The molecule has 0 bridgehead atoms. The van der Waals surface area contributed by atoms with E-state index >= 15 is 0 Å². The number of hydrogen-bond donors (Lipinski definition) is 15. The molecule has 4 rings (SSSR count). The van der Waals surface area contributed by atoms with Crippen molar-refractivity contribution >= 4 is 93.5 Å². The van der Waals surface area contributed by atoms with Gasteiger partial charge >= 0.3 is 0 Å². The zero-order valence-corrected chi connectivity index (χ0v) is 43.4. The van der Waals surface area contributed by atoms with Gasteiger partial charge in [-0.3, -0.25) is 57.9 Å². The van der Waals surface area contributed by atoms with E-state index in [1.807, 2.05) is 18.2 Å². The second-order valence-corrected chi connectivity index (χ2v) is 18.8. The number of halogens is 1. The van der Waals surface area contributed by atoms with Crippen LogP contribution < -0.4 is 76.9 Å². The minimum atomic E-state index is -1.62. The molecule has 10 amide bonds. The van der Waals surface area contributed by atoms with Gasteiger partial charge in [0.1, 0.15) is 42.3 Å². The topological polar surface area (TPSA) is 464 Å². The SMILES string of the molecule is CC(=O)N[C@@H](CCCN=C(N)N)C(=O)N[C@H]1CCC(=O)NCCC[C@@H](C(N)=O)NC(=O)[C@H](Cc2c[nH]c3ccccc23)NC(=O)[C@H](CCCN=C(N)N)NC(=O)[C@@H](Cc2cccc(Cl)c2)NC(=O)[C@H](CCC(N)=O)NC1=O. The van der Waals surface area contributed by atoms with E-state index in [1.165, 1.54) is 13.0 Å². The number of nitrogens with two attached hydrogens (primary N) is 6. The fourth-order valence-electron chi connectivity index (χ4n) is 8.27. The predicted octanol–water partition coefficient (Wildman–Crippen LogP) is -3.43. The Balaban J connectivity index is 1.80. The first kappa shape index (κ1) is 61.1. The highest BCUT2D eigenvalue weighted by atomic mass is 35.5. The van der Waals surface area contributed by atoms with Crippen LogP contribution in [0.1, 0.15) is 82.3 Å². The Bertz CT molecular complexity index is 2650. The van der Waals surface area contributed by atoms with Gasteiger partial charge < -0.3 is 81.9 Å². The molecule has 7 atom stereocenters. The Labute approximate surface area is 448 Å². The molecule has 1 aliphatic rings. The van der Waals surface area contributed by atoms with Crippen molar-refractivity contribution in [2.45, 2.75) is 126 Å². The summed E-state index contributed by atoms with van der Waals surface area (Å²) in [5.74, 6) is -8.87. The molecule has 2 heterocycles. The predicted molar refractivity (Wildman–Crippen MR) is 285 cm³/mol. The number of rotatable bonds is 19. The first-order valence-electron chi connectivity index (χ1n) is 24.9. The molecular formula is C49H70ClN17O10. The number of guanidine groups is 2. The van der Waals surface area contributed by atoms with Crippen LogP contribution in [-0.2, 0) is 60.8 Å². The van der Waals surface area contributed by atoms with Crippen molar-refractivity contribution in [3.63, 3.8) is 0 Å². The van der Waals surface area contributed by atoms with Crippen LogP contribution in [0.25, 0.3) is 10.9 Å². The largest absolute Gasteiger partial charge is 0.370 e. The van der Waals surface area contributed by atoms with E-state index in [9.17, 15) is 47.9 Å². The highest BCUT2D eigenvalue weighted by Crippen LogP contribution is 2.20. The highest BCUT2D eigenvalue weighted by molar-refractivity contribution is 6.30. The van der Waals surface area contributed by atoms with E-state index in [2.05, 4.69) is 57.5 Å². The molecule has 418 valence electrons. The standard InChI is InChI=1S/C49H70ClN17O10/c1-26(68)61-33(13-6-20-58-48(53)54)42(72)65-36-16-18-40(70)57-19-5-12-32(41(52)71)62-47(77)38(24-28-25-60-31-11-3-2-10-30(28)31)67-43(73)34(14-7-21-59-49(55)56)63-46(76)37(23-27-8-4-9-29(50)22-27)66-45(75)35(64-44(36)74)15-17-39(51)69/h2-4,8-11,22,25,32-38,60H,5-7,12-21,23-24H2,1H3,(H2,51,69)(H2,52,71)(H,57,70)(H,61,68)(H,62,77)(H,63,76)(H,64,74)(H,65,72)(H,66,75)(H,67,73)(H4,53,54,58)(H4,55,56,59)/t32-,33-,34-,35-,36-,37+,38-/m0/s1. The van der Waals surface area contributed by atoms with Crippen LogP contribution in [0.3, 0.4) is 0 Å². The first-order valence-corrected chi connectivity index (χ1v) is 25.3. The maximum Gasteiger partial charge on any atom is 0.243 e. The van der Waals surface area contributed by atoms with E-state index in [1.54, 1.807) is 30.5 Å². The summed E-state index contributed by atoms with van der Waals surface area (Å²) in [4.78, 5) is 148. The zero-order chi connectivity index (χ0) is 56.6. The molecule has 2 aromatic carbocycles. The third kappa shape index (κ3) is 21.3. The molecular weight excluding hydrogens is 1020 g/mol. The molecule has 1 saturated heterocycles. The van der Waals surface area contributed by atoms with E-state index < -0.39 is 121 Å². The molecule has 0 spiro atoms. The Morgan fingerprint density at radius 2 is 1.32 bits per heavy atom. The van der Waals surface area contributed by atoms with Crippen molar-refractivity contribution in [1.82, 2.24) is 47.5 Å². The fourth-order valence-corrected chi connectivity index (χ4v) is 8.48. The summed E-state index contributed by atoms with van der Waals surface area (Å²) >= 11 is 6.33. The maximum atomic E-state index is 14.7. The molecule has 3 aromatic rings. The summed E-state index contributed by atoms with van der Waals surface area (Å²) in [6.07, 6.45) is -0.110. The van der Waals surface area contributed by atoms with Crippen molar-refractivity contribution in [3.05, 3.63) is 70.9 Å². The average Bonchev–Trinajstić information content (AvgIpc) is 3.78. The van der Waals surface area contributed by atoms with E-state index in [4.69, 9.17) is 46.0 Å². The number of para-hydroxylation sites is 1. The van der Waals surface area contributed by atoms with Crippen molar-refractivity contribution < 1.29 is 47.9 Å². The average molecular weight is 1090 g/mol. The van der Waals surface area contributed by atoms with Crippen LogP contribution in [0.5, 0.6) is 0 Å². The summed E-state index contributed by atoms with van der Waals surface area (Å²) in [6, 6.07) is 3.49. The second-order valence-electron chi connectivity index (χ2n) is 18.4. The third-order valence-electron chi connectivity index (χ3n) is 12.2. The maximum absolute atomic E-state index is 14.7. The summed E-state index contributed by atoms with van der Waals surface area (Å²) < 4.78 is 0. The molecule has 0 aliphatic carbocycles. The first-order chi connectivity index (χ1) is 36.6. The van der Waals surface area contributed by atoms with Crippen molar-refractivity contribution in [1.29, 1.82) is 0 Å². The zero-order valence-electron chi connectivity index (χ0n) is 42.7. The summed E-state index contributed by atoms with van der Waals surface area (Å²) in [5.41, 5.74) is 35.0. The van der Waals surface area contributed by atoms with Gasteiger partial charge in [0.05, 0.1) is 0 Å². The van der Waals surface area contributed by atoms with Crippen molar-refractivity contribution in [2.75, 3.05) is 19.6 Å². The van der Waals surface area contributed by atoms with Crippen molar-refractivity contribution in [2.24, 2.45) is 44.4 Å². The quantitative estimate of drug-likeness (QED) is 0.0316. The molecule has 27 nitrogen and oxygen atoms in total. The number of amides is 10. The van der Waals surface area contributed by atoms with Gasteiger partial charge in [0.2, 0.25) is 59.1 Å². The normalized spacial score (nSPS) is 20.8. The van der Waals surface area contributed by atoms with Gasteiger partial charge in [-0.25, -0.2) is 0 Å². The van der Waals surface area contributed by atoms with E-state index in [0.29, 0.717) is 11.1 Å². The Morgan fingerprint density at radius 1 is 0.714 bits per heavy atom. The minimum absolute atomic E-state index is 0.00697. The number of nitrogens with one attached hydrogen (secondary N) is 9. The van der Waals surface area contributed by atoms with Gasteiger partial charge in [-0.2, -0.15) is 0 Å². The lowest BCUT2D eigenvalue weighted by Crippen LogP contribution is -2.60. The number of benzene rings is 2. The molecule has 1 aromatic heterocycles. The molecule has 0 saturated carbocycles. The number of nitrogens with zero attached hydrogens (tertiary/aromatic N) is 2. The lowest BCUT2D eigenvalue weighted by molar-refractivity contribution is -0.136. The van der Waals surface area contributed by atoms with Crippen LogP contribution in [0.2, 0.25) is 5.02 Å². The van der Waals surface area contributed by atoms with Gasteiger partial charge in [-0.15, -0.1) is 0 Å². The smallest absolute Gasteiger partial charge is 0.243 e. The number of carbonyl (C=O) groups is 10. The Morgan fingerprint density at radius 3 is 1.97 bits per heavy atom. The monoisotopic (exact) mass is 1090 g/mol. The van der Waals surface area contributed by atoms with Gasteiger partial charge in [-0.05, 0) is 80.7 Å². The second kappa shape index (κ2) is 30.8. The van der Waals surface area contributed by atoms with Crippen LogP contribution in [0.15, 0.2) is 64.7 Å². The number of primary amides is 2. The van der Waals surface area contributed by atoms with Crippen LogP contribution in [0.4, 0.5) is 0 Å². The number of hydrogen-bond acceptors (Lipinski definition) is 12. The van der Waals surface area contributed by atoms with Crippen LogP contribution in [0, 0.1) is 0 Å². The Hall–Kier alpha value is -8.49. The molecule has 1 aliphatic heterocycles. The minimum Gasteiger partial charge on any atom is -0.370 e. The van der Waals surface area contributed by atoms with Crippen molar-refractivity contribution in [3.8, 4) is 0 Å². The van der Waals surface area contributed by atoms with E-state index in [0.717, 1.165) is 10.9 Å². The van der Waals surface area contributed by atoms with Gasteiger partial charge in [0.25, 0.3) is 0 Å². The van der Waals surface area contributed by atoms with Gasteiger partial charge in [0.15, 0.2) is 11.9 Å². The number of aromatic amines is 1. The van der Waals surface area contributed by atoms with Crippen LogP contribution >= 0.6 is 11.6 Å². The lowest BCUT2D eigenvalue weighted by atomic mass is 10.0. The van der Waals surface area contributed by atoms with E-state index in [-0.39, 0.29) is 94.4 Å². The lowest BCUT2D eigenvalue weighted by Gasteiger charge is -2.28. The molecule has 28 heteroatoms. The van der Waals surface area contributed by atoms with Gasteiger partial charge in [0, 0.05) is 74.4 Å². The third-order valence-corrected chi connectivity index (χ3v) is 12.4. The summed E-state index contributed by atoms with van der Waals surface area (Å²) in [6.45, 7) is 1.23. The molecule has 21 N–H and O–H groups in total. The Kier molecular flexibility index (Phi) is 24.4. The number of aliphatic imine (C=N–C) groups is 2. The highest BCUT2D eigenvalue weighted by Gasteiger charge is 2.35. The fraction of sp³-hybridized carbons (Fsp3) is 0.469. The molecule has 0 radical (unpaired) electrons. The molecule has 0 unspecified atom stereocenters. The molecule has 77 heavy (non-hydrogen) atoms. The summed E-state index contributed by atoms with van der Waals surface area (Å²) in [5, 5.41) is 22.0. The number of aromatic nitrogens is 1. The van der Waals surface area contributed by atoms with Crippen LogP contribution in [-0.4, -0.2) is 138 Å². The molecule has 1 fully saturated rings.